The lowest BCUT2D eigenvalue weighted by atomic mass is 9.81. The van der Waals surface area contributed by atoms with E-state index in [0.717, 1.165) is 31.6 Å². The molecule has 0 aromatic heterocycles. The Balaban J connectivity index is 0.00000176. The first-order valence-corrected chi connectivity index (χ1v) is 7.55. The first kappa shape index (κ1) is 17.0. The third-order valence-corrected chi connectivity index (χ3v) is 4.35. The molecule has 1 saturated heterocycles. The van der Waals surface area contributed by atoms with Crippen molar-refractivity contribution in [3.8, 4) is 0 Å². The molecule has 2 bridgehead atoms. The maximum Gasteiger partial charge on any atom is 0.305 e. The summed E-state index contributed by atoms with van der Waals surface area (Å²) >= 11 is 0. The summed E-state index contributed by atoms with van der Waals surface area (Å²) in [5, 5.41) is 0. The number of ether oxygens (including phenoxy) is 1. The van der Waals surface area contributed by atoms with Gasteiger partial charge < -0.3 is 4.74 Å². The molecule has 2 heterocycles. The summed E-state index contributed by atoms with van der Waals surface area (Å²) in [7, 11) is 0. The highest BCUT2D eigenvalue weighted by Gasteiger charge is 2.36. The van der Waals surface area contributed by atoms with Gasteiger partial charge >= 0.3 is 5.97 Å². The Kier molecular flexibility index (Phi) is 5.59. The van der Waals surface area contributed by atoms with Crippen molar-refractivity contribution in [2.75, 3.05) is 19.6 Å². The van der Waals surface area contributed by atoms with Gasteiger partial charge in [-0.1, -0.05) is 25.1 Å². The van der Waals surface area contributed by atoms with E-state index in [4.69, 9.17) is 4.74 Å². The highest BCUT2D eigenvalue weighted by atomic mass is 35.5. The van der Waals surface area contributed by atoms with Gasteiger partial charge in [-0.25, -0.2) is 4.39 Å². The molecule has 1 aromatic rings. The van der Waals surface area contributed by atoms with E-state index in [-0.39, 0.29) is 36.2 Å². The van der Waals surface area contributed by atoms with Crippen molar-refractivity contribution in [1.82, 2.24) is 4.90 Å². The Bertz CT molecular complexity index is 558. The predicted molar refractivity (Wildman–Crippen MR) is 86.3 cm³/mol. The number of nitrogens with zero attached hydrogens (tertiary/aromatic N) is 1. The van der Waals surface area contributed by atoms with Crippen LogP contribution in [0.25, 0.3) is 5.57 Å². The smallest absolute Gasteiger partial charge is 0.305 e. The molecule has 0 N–H and O–H groups in total. The predicted octanol–water partition coefficient (Wildman–Crippen LogP) is 3.29. The Hall–Kier alpha value is -1.39. The minimum absolute atomic E-state index is 0. The average Bonchev–Trinajstić information content (AvgIpc) is 2.51. The Morgan fingerprint density at radius 2 is 2.09 bits per heavy atom. The SMILES string of the molecule is CCC(=O)O[C@@H]1CCN2CC=C(c3ccc(F)cc3)C1C2.Cl. The topological polar surface area (TPSA) is 29.5 Å². The largest absolute Gasteiger partial charge is 0.462 e. The molecule has 3 rings (SSSR count). The molecule has 5 heteroatoms. The monoisotopic (exact) mass is 325 g/mol. The van der Waals surface area contributed by atoms with E-state index in [1.807, 2.05) is 19.1 Å². The number of piperidine rings is 1. The molecule has 1 fully saturated rings. The van der Waals surface area contributed by atoms with Crippen molar-refractivity contribution in [2.24, 2.45) is 5.92 Å². The zero-order valence-electron chi connectivity index (χ0n) is 12.6. The van der Waals surface area contributed by atoms with Crippen LogP contribution >= 0.6 is 12.4 Å². The van der Waals surface area contributed by atoms with Crippen molar-refractivity contribution in [3.63, 3.8) is 0 Å². The van der Waals surface area contributed by atoms with Gasteiger partial charge in [0.05, 0.1) is 0 Å². The molecule has 0 spiro atoms. The van der Waals surface area contributed by atoms with Gasteiger partial charge in [0.2, 0.25) is 0 Å². The molecule has 1 aromatic carbocycles. The molecule has 3 atom stereocenters. The summed E-state index contributed by atoms with van der Waals surface area (Å²) in [6.07, 6.45) is 3.40. The van der Waals surface area contributed by atoms with E-state index in [1.54, 1.807) is 0 Å². The van der Waals surface area contributed by atoms with Crippen LogP contribution in [-0.4, -0.2) is 36.6 Å². The summed E-state index contributed by atoms with van der Waals surface area (Å²) < 4.78 is 18.7. The van der Waals surface area contributed by atoms with Crippen LogP contribution in [0.15, 0.2) is 30.3 Å². The number of halogens is 2. The molecule has 2 aliphatic heterocycles. The molecule has 120 valence electrons. The zero-order chi connectivity index (χ0) is 14.8. The van der Waals surface area contributed by atoms with Crippen molar-refractivity contribution in [3.05, 3.63) is 41.7 Å². The Morgan fingerprint density at radius 3 is 2.77 bits per heavy atom. The number of hydrogen-bond acceptors (Lipinski definition) is 3. The van der Waals surface area contributed by atoms with Crippen LogP contribution in [-0.2, 0) is 9.53 Å². The van der Waals surface area contributed by atoms with E-state index in [2.05, 4.69) is 11.0 Å². The summed E-state index contributed by atoms with van der Waals surface area (Å²) in [6.45, 7) is 4.60. The number of benzene rings is 1. The summed E-state index contributed by atoms with van der Waals surface area (Å²) in [6, 6.07) is 6.59. The molecule has 3 nitrogen and oxygen atoms in total. The number of esters is 1. The summed E-state index contributed by atoms with van der Waals surface area (Å²) in [4.78, 5) is 14.0. The first-order chi connectivity index (χ1) is 10.2. The van der Waals surface area contributed by atoms with Crippen molar-refractivity contribution in [1.29, 1.82) is 0 Å². The minimum atomic E-state index is -0.227. The van der Waals surface area contributed by atoms with E-state index in [0.29, 0.717) is 6.42 Å². The quantitative estimate of drug-likeness (QED) is 0.799. The van der Waals surface area contributed by atoms with Crippen LogP contribution in [0.5, 0.6) is 0 Å². The van der Waals surface area contributed by atoms with Gasteiger partial charge in [0.25, 0.3) is 0 Å². The van der Waals surface area contributed by atoms with Gasteiger partial charge in [0.1, 0.15) is 11.9 Å². The van der Waals surface area contributed by atoms with Crippen molar-refractivity contribution in [2.45, 2.75) is 25.9 Å². The van der Waals surface area contributed by atoms with Gasteiger partial charge in [-0.2, -0.15) is 0 Å². The molecule has 2 aliphatic rings. The van der Waals surface area contributed by atoms with Gasteiger partial charge in [0, 0.05) is 32.0 Å². The van der Waals surface area contributed by atoms with E-state index >= 15 is 0 Å². The fourth-order valence-electron chi connectivity index (χ4n) is 3.21. The van der Waals surface area contributed by atoms with Crippen LogP contribution in [0.4, 0.5) is 4.39 Å². The average molecular weight is 326 g/mol. The van der Waals surface area contributed by atoms with Crippen molar-refractivity contribution >= 4 is 23.9 Å². The van der Waals surface area contributed by atoms with Crippen LogP contribution in [0.3, 0.4) is 0 Å². The Morgan fingerprint density at radius 1 is 1.36 bits per heavy atom. The lowest BCUT2D eigenvalue weighted by molar-refractivity contribution is -0.152. The molecular formula is C17H21ClFNO2. The Labute approximate surface area is 136 Å². The molecule has 0 radical (unpaired) electrons. The van der Waals surface area contributed by atoms with Crippen LogP contribution in [0.1, 0.15) is 25.3 Å². The fraction of sp³-hybridized carbons (Fsp3) is 0.471. The maximum absolute atomic E-state index is 13.1. The molecule has 0 amide bonds. The van der Waals surface area contributed by atoms with Crippen molar-refractivity contribution < 1.29 is 13.9 Å². The standard InChI is InChI=1S/C17H20FNO2.ClH/c1-2-17(20)21-16-8-10-19-9-7-14(15(16)11-19)12-3-5-13(18)6-4-12;/h3-7,15-16H,2,8-11H2,1H3;1H/t15?,16-;/m1./s1. The second kappa shape index (κ2) is 7.25. The number of rotatable bonds is 3. The summed E-state index contributed by atoms with van der Waals surface area (Å²) in [5.74, 6) is -0.180. The number of carbonyl (C=O) groups is 1. The lowest BCUT2D eigenvalue weighted by Gasteiger charge is -2.42. The molecule has 0 saturated carbocycles. The second-order valence-corrected chi connectivity index (χ2v) is 5.70. The van der Waals surface area contributed by atoms with E-state index in [1.165, 1.54) is 17.7 Å². The van der Waals surface area contributed by atoms with Gasteiger partial charge in [-0.05, 0) is 29.7 Å². The third kappa shape index (κ3) is 3.50. The van der Waals surface area contributed by atoms with E-state index < -0.39 is 0 Å². The zero-order valence-corrected chi connectivity index (χ0v) is 13.4. The second-order valence-electron chi connectivity index (χ2n) is 5.70. The van der Waals surface area contributed by atoms with Gasteiger partial charge in [-0.15, -0.1) is 12.4 Å². The fourth-order valence-corrected chi connectivity index (χ4v) is 3.21. The highest BCUT2D eigenvalue weighted by molar-refractivity contribution is 5.85. The highest BCUT2D eigenvalue weighted by Crippen LogP contribution is 2.36. The maximum atomic E-state index is 13.1. The van der Waals surface area contributed by atoms with E-state index in [9.17, 15) is 9.18 Å². The molecule has 0 aliphatic carbocycles. The normalized spacial score (nSPS) is 26.6. The van der Waals surface area contributed by atoms with Gasteiger partial charge in [-0.3, -0.25) is 9.69 Å². The van der Waals surface area contributed by atoms with Crippen LogP contribution in [0.2, 0.25) is 0 Å². The molecular weight excluding hydrogens is 305 g/mol. The minimum Gasteiger partial charge on any atom is -0.462 e. The molecule has 22 heavy (non-hydrogen) atoms. The summed E-state index contributed by atoms with van der Waals surface area (Å²) in [5.41, 5.74) is 2.21. The van der Waals surface area contributed by atoms with Crippen LogP contribution in [0, 0.1) is 11.7 Å². The number of carbonyl (C=O) groups excluding carboxylic acids is 1. The van der Waals surface area contributed by atoms with Gasteiger partial charge in [0.15, 0.2) is 0 Å². The number of fused-ring (bicyclic) bond motifs is 2. The lowest BCUT2D eigenvalue weighted by Crippen LogP contribution is -2.47. The first-order valence-electron chi connectivity index (χ1n) is 7.55. The van der Waals surface area contributed by atoms with Crippen LogP contribution < -0.4 is 0 Å². The third-order valence-electron chi connectivity index (χ3n) is 4.35. The molecule has 2 unspecified atom stereocenters. The number of hydrogen-bond donors (Lipinski definition) is 0.